The molecule has 1 aromatic rings. The van der Waals surface area contributed by atoms with Crippen molar-refractivity contribution >= 4 is 21.6 Å². The van der Waals surface area contributed by atoms with Crippen LogP contribution in [0.4, 0.5) is 18.9 Å². The van der Waals surface area contributed by atoms with Gasteiger partial charge in [0.15, 0.2) is 12.4 Å². The molecule has 1 aromatic carbocycles. The Morgan fingerprint density at radius 3 is 2.56 bits per heavy atom. The van der Waals surface area contributed by atoms with Crippen LogP contribution in [0.3, 0.4) is 0 Å². The van der Waals surface area contributed by atoms with Gasteiger partial charge in [0, 0.05) is 16.6 Å². The van der Waals surface area contributed by atoms with E-state index in [9.17, 15) is 23.3 Å². The average Bonchev–Trinajstić information content (AvgIpc) is 2.13. The second kappa shape index (κ2) is 4.69. The highest BCUT2D eigenvalue weighted by atomic mass is 79.9. The van der Waals surface area contributed by atoms with E-state index in [0.717, 1.165) is 12.1 Å². The zero-order valence-electron chi connectivity index (χ0n) is 7.62. The Morgan fingerprint density at radius 2 is 2.06 bits per heavy atom. The summed E-state index contributed by atoms with van der Waals surface area (Å²) in [5, 5.41) is 10.5. The van der Waals surface area contributed by atoms with E-state index in [1.807, 2.05) is 0 Å². The number of nitro benzene ring substituents is 1. The molecule has 0 bridgehead atoms. The predicted molar refractivity (Wildman–Crippen MR) is 52.3 cm³/mol. The third kappa shape index (κ3) is 3.69. The van der Waals surface area contributed by atoms with Crippen LogP contribution in [0.2, 0.25) is 0 Å². The van der Waals surface area contributed by atoms with Crippen LogP contribution in [0, 0.1) is 10.1 Å². The molecular weight excluding hydrogens is 295 g/mol. The molecule has 0 unspecified atom stereocenters. The van der Waals surface area contributed by atoms with E-state index in [1.54, 1.807) is 0 Å². The van der Waals surface area contributed by atoms with E-state index < -0.39 is 29.1 Å². The lowest BCUT2D eigenvalue weighted by molar-refractivity contribution is -0.386. The van der Waals surface area contributed by atoms with Crippen LogP contribution in [0.15, 0.2) is 22.7 Å². The largest absolute Gasteiger partial charge is 0.477 e. The van der Waals surface area contributed by atoms with Crippen molar-refractivity contribution in [1.82, 2.24) is 0 Å². The summed E-state index contributed by atoms with van der Waals surface area (Å²) in [6.07, 6.45) is -4.53. The monoisotopic (exact) mass is 299 g/mol. The van der Waals surface area contributed by atoms with Gasteiger partial charge in [0.25, 0.3) is 0 Å². The van der Waals surface area contributed by atoms with Crippen LogP contribution < -0.4 is 4.74 Å². The van der Waals surface area contributed by atoms with Crippen molar-refractivity contribution in [3.05, 3.63) is 32.8 Å². The topological polar surface area (TPSA) is 52.4 Å². The number of halogens is 4. The van der Waals surface area contributed by atoms with Gasteiger partial charge in [-0.05, 0) is 6.07 Å². The molecule has 16 heavy (non-hydrogen) atoms. The number of benzene rings is 1. The maximum atomic E-state index is 11.9. The molecule has 0 spiro atoms. The van der Waals surface area contributed by atoms with E-state index in [4.69, 9.17) is 0 Å². The molecule has 1 rings (SSSR count). The molecule has 0 heterocycles. The molecule has 0 amide bonds. The summed E-state index contributed by atoms with van der Waals surface area (Å²) in [4.78, 5) is 9.68. The van der Waals surface area contributed by atoms with E-state index in [2.05, 4.69) is 20.7 Å². The Balaban J connectivity index is 2.93. The molecule has 0 aliphatic carbocycles. The second-order valence-electron chi connectivity index (χ2n) is 2.77. The normalized spacial score (nSPS) is 11.2. The summed E-state index contributed by atoms with van der Waals surface area (Å²) in [6.45, 7) is -1.57. The van der Waals surface area contributed by atoms with Gasteiger partial charge in [-0.15, -0.1) is 0 Å². The van der Waals surface area contributed by atoms with Gasteiger partial charge in [-0.2, -0.15) is 13.2 Å². The lowest BCUT2D eigenvalue weighted by Crippen LogP contribution is -2.19. The Morgan fingerprint density at radius 1 is 1.44 bits per heavy atom. The van der Waals surface area contributed by atoms with Crippen molar-refractivity contribution in [2.45, 2.75) is 6.18 Å². The summed E-state index contributed by atoms with van der Waals surface area (Å²) in [7, 11) is 0. The molecule has 0 atom stereocenters. The molecule has 88 valence electrons. The highest BCUT2D eigenvalue weighted by Crippen LogP contribution is 2.31. The molecule has 0 N–H and O–H groups in total. The van der Waals surface area contributed by atoms with Crippen LogP contribution in [-0.4, -0.2) is 17.7 Å². The van der Waals surface area contributed by atoms with Crippen molar-refractivity contribution in [1.29, 1.82) is 0 Å². The molecule has 0 aliphatic rings. The van der Waals surface area contributed by atoms with E-state index in [-0.39, 0.29) is 0 Å². The van der Waals surface area contributed by atoms with E-state index in [0.29, 0.717) is 4.47 Å². The number of hydrogen-bond acceptors (Lipinski definition) is 3. The molecule has 0 saturated heterocycles. The van der Waals surface area contributed by atoms with Crippen LogP contribution in [0.1, 0.15) is 0 Å². The van der Waals surface area contributed by atoms with Crippen LogP contribution in [0.5, 0.6) is 5.75 Å². The zero-order chi connectivity index (χ0) is 12.3. The Kier molecular flexibility index (Phi) is 3.74. The Hall–Kier alpha value is -1.31. The van der Waals surface area contributed by atoms with Gasteiger partial charge in [-0.25, -0.2) is 0 Å². The summed E-state index contributed by atoms with van der Waals surface area (Å²) in [5.74, 6) is -0.420. The van der Waals surface area contributed by atoms with Crippen molar-refractivity contribution in [3.63, 3.8) is 0 Å². The molecule has 8 heteroatoms. The number of alkyl halides is 3. The summed E-state index contributed by atoms with van der Waals surface area (Å²) < 4.78 is 40.3. The molecule has 4 nitrogen and oxygen atoms in total. The predicted octanol–water partition coefficient (Wildman–Crippen LogP) is 3.30. The van der Waals surface area contributed by atoms with E-state index in [1.165, 1.54) is 6.07 Å². The Labute approximate surface area is 96.3 Å². The highest BCUT2D eigenvalue weighted by molar-refractivity contribution is 9.10. The lowest BCUT2D eigenvalue weighted by Gasteiger charge is -2.09. The molecule has 0 aliphatic heterocycles. The highest BCUT2D eigenvalue weighted by Gasteiger charge is 2.30. The third-order valence-electron chi connectivity index (χ3n) is 1.51. The number of nitrogens with zero attached hydrogens (tertiary/aromatic N) is 1. The van der Waals surface area contributed by atoms with Crippen LogP contribution in [0.25, 0.3) is 0 Å². The number of rotatable bonds is 3. The smallest absolute Gasteiger partial charge is 0.422 e. The van der Waals surface area contributed by atoms with Crippen molar-refractivity contribution in [2.75, 3.05) is 6.61 Å². The standard InChI is InChI=1S/C8H5BrF3NO3/c9-5-1-2-6(13(14)15)7(3-5)16-4-8(10,11)12/h1-3H,4H2. The first-order chi connectivity index (χ1) is 7.29. The molecular formula is C8H5BrF3NO3. The van der Waals surface area contributed by atoms with Gasteiger partial charge in [0.05, 0.1) is 4.92 Å². The maximum absolute atomic E-state index is 11.9. The minimum absolute atomic E-state index is 0.398. The number of ether oxygens (including phenoxy) is 1. The minimum atomic E-state index is -4.53. The van der Waals surface area contributed by atoms with Gasteiger partial charge in [-0.1, -0.05) is 15.9 Å². The third-order valence-corrected chi connectivity index (χ3v) is 2.00. The fourth-order valence-corrected chi connectivity index (χ4v) is 1.25. The molecule has 0 saturated carbocycles. The van der Waals surface area contributed by atoms with Crippen molar-refractivity contribution < 1.29 is 22.8 Å². The Bertz CT molecular complexity index is 408. The summed E-state index contributed by atoms with van der Waals surface area (Å²) in [6, 6.07) is 3.53. The first kappa shape index (κ1) is 12.8. The van der Waals surface area contributed by atoms with E-state index >= 15 is 0 Å². The first-order valence-corrected chi connectivity index (χ1v) is 4.72. The average molecular weight is 300 g/mol. The number of nitro groups is 1. The van der Waals surface area contributed by atoms with Crippen LogP contribution >= 0.6 is 15.9 Å². The lowest BCUT2D eigenvalue weighted by atomic mass is 10.3. The second-order valence-corrected chi connectivity index (χ2v) is 3.69. The van der Waals surface area contributed by atoms with Crippen molar-refractivity contribution in [2.24, 2.45) is 0 Å². The molecule has 0 aromatic heterocycles. The fourth-order valence-electron chi connectivity index (χ4n) is 0.914. The number of hydrogen-bond donors (Lipinski definition) is 0. The van der Waals surface area contributed by atoms with Crippen LogP contribution in [-0.2, 0) is 0 Å². The summed E-state index contributed by atoms with van der Waals surface area (Å²) in [5.41, 5.74) is -0.507. The quantitative estimate of drug-likeness (QED) is 0.635. The van der Waals surface area contributed by atoms with Gasteiger partial charge < -0.3 is 4.74 Å². The van der Waals surface area contributed by atoms with Crippen molar-refractivity contribution in [3.8, 4) is 5.75 Å². The minimum Gasteiger partial charge on any atom is -0.477 e. The van der Waals surface area contributed by atoms with Gasteiger partial charge in [0.2, 0.25) is 0 Å². The molecule has 0 fully saturated rings. The summed E-state index contributed by atoms with van der Waals surface area (Å²) >= 11 is 2.98. The van der Waals surface area contributed by atoms with Gasteiger partial charge in [0.1, 0.15) is 0 Å². The van der Waals surface area contributed by atoms with Gasteiger partial charge >= 0.3 is 11.9 Å². The first-order valence-electron chi connectivity index (χ1n) is 3.93. The SMILES string of the molecule is O=[N+]([O-])c1ccc(Br)cc1OCC(F)(F)F. The molecule has 0 radical (unpaired) electrons. The van der Waals surface area contributed by atoms with Gasteiger partial charge in [-0.3, -0.25) is 10.1 Å². The maximum Gasteiger partial charge on any atom is 0.422 e. The zero-order valence-corrected chi connectivity index (χ0v) is 9.21. The fraction of sp³-hybridized carbons (Fsp3) is 0.250.